The van der Waals surface area contributed by atoms with Gasteiger partial charge in [0.1, 0.15) is 5.82 Å². The van der Waals surface area contributed by atoms with Gasteiger partial charge in [-0.25, -0.2) is 4.39 Å². The van der Waals surface area contributed by atoms with Gasteiger partial charge in [-0.3, -0.25) is 9.48 Å². The molecule has 5 nitrogen and oxygen atoms in total. The molecule has 0 bridgehead atoms. The molecule has 0 spiro atoms. The van der Waals surface area contributed by atoms with E-state index in [0.717, 1.165) is 11.3 Å². The van der Waals surface area contributed by atoms with E-state index in [1.165, 1.54) is 12.1 Å². The van der Waals surface area contributed by atoms with E-state index in [9.17, 15) is 14.3 Å². The van der Waals surface area contributed by atoms with E-state index in [1.54, 1.807) is 15.6 Å². The molecule has 0 aliphatic carbocycles. The number of aryl methyl sites for hydroxylation is 1. The van der Waals surface area contributed by atoms with Crippen LogP contribution in [0.15, 0.2) is 18.2 Å². The first-order chi connectivity index (χ1) is 11.0. The highest BCUT2D eigenvalue weighted by molar-refractivity contribution is 6.31. The lowest BCUT2D eigenvalue weighted by Gasteiger charge is -2.28. The van der Waals surface area contributed by atoms with Gasteiger partial charge in [-0.15, -0.1) is 0 Å². The molecule has 2 aromatic rings. The normalized spacial score (nSPS) is 14.0. The molecule has 1 amide bonds. The van der Waals surface area contributed by atoms with Crippen molar-refractivity contribution in [1.82, 2.24) is 14.7 Å². The van der Waals surface area contributed by atoms with Gasteiger partial charge >= 0.3 is 0 Å². The van der Waals surface area contributed by atoms with Crippen LogP contribution in [0.1, 0.15) is 22.5 Å². The first-order valence-electron chi connectivity index (χ1n) is 7.36. The van der Waals surface area contributed by atoms with Crippen LogP contribution in [-0.4, -0.2) is 32.2 Å². The summed E-state index contributed by atoms with van der Waals surface area (Å²) >= 11 is 5.99. The van der Waals surface area contributed by atoms with Crippen LogP contribution in [0.2, 0.25) is 5.02 Å². The fourth-order valence-electron chi connectivity index (χ4n) is 2.97. The summed E-state index contributed by atoms with van der Waals surface area (Å²) in [5, 5.41) is 13.9. The summed E-state index contributed by atoms with van der Waals surface area (Å²) in [6.07, 6.45) is 0.588. The Morgan fingerprint density at radius 2 is 2.26 bits per heavy atom. The summed E-state index contributed by atoms with van der Waals surface area (Å²) in [7, 11) is 1.83. The van der Waals surface area contributed by atoms with Crippen molar-refractivity contribution in [1.29, 1.82) is 0 Å². The third-order valence-electron chi connectivity index (χ3n) is 4.22. The van der Waals surface area contributed by atoms with Crippen molar-refractivity contribution in [3.05, 3.63) is 51.6 Å². The molecule has 1 aliphatic heterocycles. The van der Waals surface area contributed by atoms with E-state index in [-0.39, 0.29) is 29.5 Å². The largest absolute Gasteiger partial charge is 0.390 e. The molecule has 0 fully saturated rings. The number of hydrogen-bond acceptors (Lipinski definition) is 3. The third kappa shape index (κ3) is 2.96. The van der Waals surface area contributed by atoms with Crippen LogP contribution in [0.25, 0.3) is 0 Å². The maximum atomic E-state index is 13.8. The molecule has 1 aromatic heterocycles. The molecule has 1 N–H and O–H groups in total. The summed E-state index contributed by atoms with van der Waals surface area (Å²) in [6, 6.07) is 4.39. The molecule has 122 valence electrons. The molecule has 7 heteroatoms. The van der Waals surface area contributed by atoms with Crippen molar-refractivity contribution < 1.29 is 14.3 Å². The van der Waals surface area contributed by atoms with E-state index in [0.29, 0.717) is 25.2 Å². The van der Waals surface area contributed by atoms with Gasteiger partial charge in [0.05, 0.1) is 18.7 Å². The number of carbonyl (C=O) groups excluding carboxylic acids is 1. The zero-order valence-electron chi connectivity index (χ0n) is 12.7. The predicted octanol–water partition coefficient (Wildman–Crippen LogP) is 1.83. The standard InChI is InChI=1S/C16H17ClFN3O2/c1-20-15-5-6-21(8-11(15)14(9-22)19-20)16(23)7-10-12(17)3-2-4-13(10)18/h2-4,22H,5-9H2,1H3. The first kappa shape index (κ1) is 16.0. The van der Waals surface area contributed by atoms with Crippen molar-refractivity contribution >= 4 is 17.5 Å². The van der Waals surface area contributed by atoms with Crippen LogP contribution < -0.4 is 0 Å². The fraction of sp³-hybridized carbons (Fsp3) is 0.375. The number of aliphatic hydroxyl groups excluding tert-OH is 1. The average Bonchev–Trinajstić information content (AvgIpc) is 2.86. The molecule has 1 aliphatic rings. The third-order valence-corrected chi connectivity index (χ3v) is 4.57. The van der Waals surface area contributed by atoms with Gasteiger partial charge in [0.2, 0.25) is 5.91 Å². The maximum Gasteiger partial charge on any atom is 0.227 e. The molecule has 0 saturated carbocycles. The van der Waals surface area contributed by atoms with Crippen LogP contribution in [-0.2, 0) is 37.8 Å². The van der Waals surface area contributed by atoms with E-state index in [2.05, 4.69) is 5.10 Å². The van der Waals surface area contributed by atoms with Gasteiger partial charge in [0.15, 0.2) is 0 Å². The quantitative estimate of drug-likeness (QED) is 0.929. The number of hydrogen-bond donors (Lipinski definition) is 1. The Kier molecular flexibility index (Phi) is 4.37. The lowest BCUT2D eigenvalue weighted by Crippen LogP contribution is -2.37. The minimum atomic E-state index is -0.471. The molecule has 0 atom stereocenters. The van der Waals surface area contributed by atoms with Crippen molar-refractivity contribution in [3.8, 4) is 0 Å². The Morgan fingerprint density at radius 3 is 2.96 bits per heavy atom. The minimum absolute atomic E-state index is 0.0738. The summed E-state index contributed by atoms with van der Waals surface area (Å²) in [5.41, 5.74) is 2.72. The van der Waals surface area contributed by atoms with Crippen molar-refractivity contribution in [3.63, 3.8) is 0 Å². The summed E-state index contributed by atoms with van der Waals surface area (Å²) < 4.78 is 15.6. The van der Waals surface area contributed by atoms with Crippen LogP contribution in [0, 0.1) is 5.82 Å². The number of aliphatic hydroxyl groups is 1. The lowest BCUT2D eigenvalue weighted by molar-refractivity contribution is -0.131. The average molecular weight is 338 g/mol. The Labute approximate surface area is 138 Å². The molecule has 0 unspecified atom stereocenters. The molecule has 0 radical (unpaired) electrons. The molecule has 2 heterocycles. The highest BCUT2D eigenvalue weighted by Crippen LogP contribution is 2.24. The molecule has 1 aromatic carbocycles. The number of halogens is 2. The van der Waals surface area contributed by atoms with Crippen molar-refractivity contribution in [2.24, 2.45) is 7.05 Å². The SMILES string of the molecule is Cn1nc(CO)c2c1CCN(C(=O)Cc1c(F)cccc1Cl)C2. The van der Waals surface area contributed by atoms with Gasteiger partial charge in [0, 0.05) is 48.4 Å². The molecule has 0 saturated heterocycles. The van der Waals surface area contributed by atoms with Gasteiger partial charge < -0.3 is 10.0 Å². The maximum absolute atomic E-state index is 13.8. The zero-order valence-corrected chi connectivity index (χ0v) is 13.5. The van der Waals surface area contributed by atoms with E-state index in [4.69, 9.17) is 11.6 Å². The zero-order chi connectivity index (χ0) is 16.6. The predicted molar refractivity (Wildman–Crippen MR) is 83.4 cm³/mol. The van der Waals surface area contributed by atoms with Crippen molar-refractivity contribution in [2.75, 3.05) is 6.54 Å². The highest BCUT2D eigenvalue weighted by Gasteiger charge is 2.27. The number of benzene rings is 1. The Hall–Kier alpha value is -1.92. The number of fused-ring (bicyclic) bond motifs is 1. The van der Waals surface area contributed by atoms with Crippen LogP contribution in [0.5, 0.6) is 0 Å². The van der Waals surface area contributed by atoms with E-state index >= 15 is 0 Å². The topological polar surface area (TPSA) is 58.4 Å². The molecular weight excluding hydrogens is 321 g/mol. The van der Waals surface area contributed by atoms with Crippen molar-refractivity contribution in [2.45, 2.75) is 26.0 Å². The van der Waals surface area contributed by atoms with Gasteiger partial charge in [-0.05, 0) is 12.1 Å². The second-order valence-corrected chi connectivity index (χ2v) is 6.00. The second-order valence-electron chi connectivity index (χ2n) is 5.60. The Morgan fingerprint density at radius 1 is 1.48 bits per heavy atom. The summed E-state index contributed by atoms with van der Waals surface area (Å²) in [5.74, 6) is -0.656. The number of rotatable bonds is 3. The van der Waals surface area contributed by atoms with Crippen LogP contribution >= 0.6 is 11.6 Å². The first-order valence-corrected chi connectivity index (χ1v) is 7.74. The Bertz CT molecular complexity index is 740. The smallest absolute Gasteiger partial charge is 0.227 e. The molecular formula is C16H17ClFN3O2. The van der Waals surface area contributed by atoms with Crippen LogP contribution in [0.4, 0.5) is 4.39 Å². The molecule has 23 heavy (non-hydrogen) atoms. The van der Waals surface area contributed by atoms with Gasteiger partial charge in [0.25, 0.3) is 0 Å². The number of nitrogens with zero attached hydrogens (tertiary/aromatic N) is 3. The summed E-state index contributed by atoms with van der Waals surface area (Å²) in [4.78, 5) is 14.2. The van der Waals surface area contributed by atoms with Gasteiger partial charge in [-0.1, -0.05) is 17.7 Å². The van der Waals surface area contributed by atoms with E-state index in [1.807, 2.05) is 7.05 Å². The fourth-order valence-corrected chi connectivity index (χ4v) is 3.20. The lowest BCUT2D eigenvalue weighted by atomic mass is 10.0. The summed E-state index contributed by atoms with van der Waals surface area (Å²) in [6.45, 7) is 0.761. The van der Waals surface area contributed by atoms with Crippen LogP contribution in [0.3, 0.4) is 0 Å². The second kappa shape index (κ2) is 6.29. The number of carbonyl (C=O) groups is 1. The number of amides is 1. The highest BCUT2D eigenvalue weighted by atomic mass is 35.5. The number of aromatic nitrogens is 2. The van der Waals surface area contributed by atoms with E-state index < -0.39 is 5.82 Å². The monoisotopic (exact) mass is 337 g/mol. The Balaban J connectivity index is 1.79. The molecule has 3 rings (SSSR count). The van der Waals surface area contributed by atoms with Gasteiger partial charge in [-0.2, -0.15) is 5.10 Å². The minimum Gasteiger partial charge on any atom is -0.390 e.